The van der Waals surface area contributed by atoms with E-state index in [4.69, 9.17) is 0 Å². The van der Waals surface area contributed by atoms with Crippen molar-refractivity contribution in [2.75, 3.05) is 13.6 Å². The molecule has 1 aromatic rings. The Labute approximate surface area is 133 Å². The van der Waals surface area contributed by atoms with Crippen LogP contribution in [0.3, 0.4) is 0 Å². The minimum absolute atomic E-state index is 0.526. The number of nitrogens with one attached hydrogen (secondary N) is 1. The summed E-state index contributed by atoms with van der Waals surface area (Å²) in [5.74, 6) is 0. The molecule has 0 unspecified atom stereocenters. The van der Waals surface area contributed by atoms with Crippen molar-refractivity contribution < 1.29 is 0 Å². The SMILES string of the molecule is CCCCCN(C)Cc1ccc(CNC(C)C)cc1Br. The average Bonchev–Trinajstić information content (AvgIpc) is 2.39. The van der Waals surface area contributed by atoms with Crippen LogP contribution in [-0.4, -0.2) is 24.5 Å². The molecule has 0 aliphatic heterocycles. The zero-order chi connectivity index (χ0) is 15.0. The number of hydrogen-bond acceptors (Lipinski definition) is 2. The predicted molar refractivity (Wildman–Crippen MR) is 92.0 cm³/mol. The summed E-state index contributed by atoms with van der Waals surface area (Å²) >= 11 is 3.71. The van der Waals surface area contributed by atoms with Gasteiger partial charge in [-0.15, -0.1) is 0 Å². The molecule has 20 heavy (non-hydrogen) atoms. The molecular weight excluding hydrogens is 312 g/mol. The molecule has 1 aromatic carbocycles. The standard InChI is InChI=1S/C17H29BrN2/c1-5-6-7-10-20(4)13-16-9-8-15(11-17(16)18)12-19-14(2)3/h8-9,11,14,19H,5-7,10,12-13H2,1-4H3. The minimum Gasteiger partial charge on any atom is -0.310 e. The Morgan fingerprint density at radius 3 is 2.60 bits per heavy atom. The number of nitrogens with zero attached hydrogens (tertiary/aromatic N) is 1. The van der Waals surface area contributed by atoms with Gasteiger partial charge in [-0.3, -0.25) is 0 Å². The highest BCUT2D eigenvalue weighted by Crippen LogP contribution is 2.20. The lowest BCUT2D eigenvalue weighted by molar-refractivity contribution is 0.317. The van der Waals surface area contributed by atoms with Crippen LogP contribution in [0.15, 0.2) is 22.7 Å². The average molecular weight is 341 g/mol. The van der Waals surface area contributed by atoms with Crippen molar-refractivity contribution in [1.82, 2.24) is 10.2 Å². The molecule has 0 bridgehead atoms. The lowest BCUT2D eigenvalue weighted by atomic mass is 10.1. The molecule has 0 aliphatic carbocycles. The molecule has 3 heteroatoms. The molecule has 1 rings (SSSR count). The van der Waals surface area contributed by atoms with Crippen molar-refractivity contribution in [3.05, 3.63) is 33.8 Å². The van der Waals surface area contributed by atoms with Crippen LogP contribution < -0.4 is 5.32 Å². The zero-order valence-electron chi connectivity index (χ0n) is 13.4. The second-order valence-corrected chi connectivity index (χ2v) is 6.76. The zero-order valence-corrected chi connectivity index (χ0v) is 15.0. The highest BCUT2D eigenvalue weighted by molar-refractivity contribution is 9.10. The lowest BCUT2D eigenvalue weighted by Crippen LogP contribution is -2.22. The molecule has 0 aliphatic rings. The summed E-state index contributed by atoms with van der Waals surface area (Å²) in [6, 6.07) is 7.25. The molecule has 114 valence electrons. The predicted octanol–water partition coefficient (Wildman–Crippen LogP) is 4.57. The number of halogens is 1. The summed E-state index contributed by atoms with van der Waals surface area (Å²) in [6.45, 7) is 9.73. The Morgan fingerprint density at radius 2 is 2.00 bits per heavy atom. The molecule has 0 aromatic heterocycles. The van der Waals surface area contributed by atoms with Gasteiger partial charge in [-0.25, -0.2) is 0 Å². The van der Waals surface area contributed by atoms with E-state index in [9.17, 15) is 0 Å². The Balaban J connectivity index is 2.50. The van der Waals surface area contributed by atoms with Crippen molar-refractivity contribution in [3.63, 3.8) is 0 Å². The van der Waals surface area contributed by atoms with Crippen LogP contribution in [-0.2, 0) is 13.1 Å². The van der Waals surface area contributed by atoms with E-state index >= 15 is 0 Å². The maximum Gasteiger partial charge on any atom is 0.0241 e. The van der Waals surface area contributed by atoms with Gasteiger partial charge < -0.3 is 10.2 Å². The third-order valence-corrected chi connectivity index (χ3v) is 4.15. The van der Waals surface area contributed by atoms with Gasteiger partial charge in [0.1, 0.15) is 0 Å². The highest BCUT2D eigenvalue weighted by Gasteiger charge is 2.05. The summed E-state index contributed by atoms with van der Waals surface area (Å²) in [6.07, 6.45) is 3.90. The summed E-state index contributed by atoms with van der Waals surface area (Å²) in [5.41, 5.74) is 2.71. The van der Waals surface area contributed by atoms with Crippen molar-refractivity contribution >= 4 is 15.9 Å². The van der Waals surface area contributed by atoms with Gasteiger partial charge in [-0.1, -0.05) is 61.7 Å². The highest BCUT2D eigenvalue weighted by atomic mass is 79.9. The summed E-state index contributed by atoms with van der Waals surface area (Å²) in [4.78, 5) is 2.40. The van der Waals surface area contributed by atoms with Gasteiger partial charge in [0.25, 0.3) is 0 Å². The topological polar surface area (TPSA) is 15.3 Å². The molecule has 0 saturated heterocycles. The molecule has 0 radical (unpaired) electrons. The van der Waals surface area contributed by atoms with Gasteiger partial charge in [-0.05, 0) is 37.2 Å². The smallest absolute Gasteiger partial charge is 0.0241 e. The fourth-order valence-corrected chi connectivity index (χ4v) is 2.70. The van der Waals surface area contributed by atoms with Crippen LogP contribution in [0.5, 0.6) is 0 Å². The van der Waals surface area contributed by atoms with Crippen molar-refractivity contribution in [1.29, 1.82) is 0 Å². The fourth-order valence-electron chi connectivity index (χ4n) is 2.15. The van der Waals surface area contributed by atoms with E-state index < -0.39 is 0 Å². The van der Waals surface area contributed by atoms with E-state index in [-0.39, 0.29) is 0 Å². The molecule has 0 amide bonds. The van der Waals surface area contributed by atoms with Crippen LogP contribution in [0.4, 0.5) is 0 Å². The molecule has 2 nitrogen and oxygen atoms in total. The van der Waals surface area contributed by atoms with E-state index in [1.807, 2.05) is 0 Å². The third-order valence-electron chi connectivity index (χ3n) is 3.42. The van der Waals surface area contributed by atoms with Crippen LogP contribution in [0.2, 0.25) is 0 Å². The van der Waals surface area contributed by atoms with E-state index in [0.29, 0.717) is 6.04 Å². The van der Waals surface area contributed by atoms with Crippen molar-refractivity contribution in [3.8, 4) is 0 Å². The first-order valence-corrected chi connectivity index (χ1v) is 8.51. The quantitative estimate of drug-likeness (QED) is 0.662. The van der Waals surface area contributed by atoms with E-state index in [0.717, 1.165) is 13.1 Å². The lowest BCUT2D eigenvalue weighted by Gasteiger charge is -2.18. The monoisotopic (exact) mass is 340 g/mol. The van der Waals surface area contributed by atoms with E-state index in [1.165, 1.54) is 41.4 Å². The van der Waals surface area contributed by atoms with Crippen LogP contribution >= 0.6 is 15.9 Å². The third kappa shape index (κ3) is 6.87. The molecule has 0 heterocycles. The molecule has 0 atom stereocenters. The van der Waals surface area contributed by atoms with Gasteiger partial charge in [0.05, 0.1) is 0 Å². The Kier molecular flexibility index (Phi) is 8.43. The Hall–Kier alpha value is -0.380. The Morgan fingerprint density at radius 1 is 1.25 bits per heavy atom. The molecular formula is C17H29BrN2. The fraction of sp³-hybridized carbons (Fsp3) is 0.647. The maximum absolute atomic E-state index is 3.71. The van der Waals surface area contributed by atoms with E-state index in [2.05, 4.69) is 72.2 Å². The number of benzene rings is 1. The van der Waals surface area contributed by atoms with Gasteiger partial charge in [0, 0.05) is 23.6 Å². The Bertz CT molecular complexity index is 391. The van der Waals surface area contributed by atoms with Crippen LogP contribution in [0, 0.1) is 0 Å². The largest absolute Gasteiger partial charge is 0.310 e. The van der Waals surface area contributed by atoms with Gasteiger partial charge in [-0.2, -0.15) is 0 Å². The first-order valence-electron chi connectivity index (χ1n) is 7.72. The number of rotatable bonds is 9. The maximum atomic E-state index is 3.71. The number of unbranched alkanes of at least 4 members (excludes halogenated alkanes) is 2. The molecule has 1 N–H and O–H groups in total. The molecule has 0 saturated carbocycles. The van der Waals surface area contributed by atoms with Gasteiger partial charge in [0.2, 0.25) is 0 Å². The summed E-state index contributed by atoms with van der Waals surface area (Å²) in [5, 5.41) is 3.45. The number of hydrogen-bond donors (Lipinski definition) is 1. The first kappa shape index (κ1) is 17.7. The summed E-state index contributed by atoms with van der Waals surface area (Å²) in [7, 11) is 2.20. The van der Waals surface area contributed by atoms with E-state index in [1.54, 1.807) is 0 Å². The minimum atomic E-state index is 0.526. The van der Waals surface area contributed by atoms with Gasteiger partial charge >= 0.3 is 0 Å². The molecule has 0 spiro atoms. The first-order chi connectivity index (χ1) is 9.52. The van der Waals surface area contributed by atoms with Crippen LogP contribution in [0.1, 0.15) is 51.2 Å². The van der Waals surface area contributed by atoms with Crippen molar-refractivity contribution in [2.24, 2.45) is 0 Å². The molecule has 0 fully saturated rings. The van der Waals surface area contributed by atoms with Crippen LogP contribution in [0.25, 0.3) is 0 Å². The second kappa shape index (κ2) is 9.54. The normalized spacial score (nSPS) is 11.6. The van der Waals surface area contributed by atoms with Crippen molar-refractivity contribution in [2.45, 2.75) is 59.2 Å². The second-order valence-electron chi connectivity index (χ2n) is 5.91. The van der Waals surface area contributed by atoms with Gasteiger partial charge in [0.15, 0.2) is 0 Å². The summed E-state index contributed by atoms with van der Waals surface area (Å²) < 4.78 is 1.22.